The van der Waals surface area contributed by atoms with E-state index in [0.29, 0.717) is 22.0 Å². The molecule has 0 radical (unpaired) electrons. The number of methoxy groups -OCH3 is 1. The van der Waals surface area contributed by atoms with Crippen molar-refractivity contribution in [2.24, 2.45) is 0 Å². The molecule has 0 aromatic heterocycles. The third-order valence-corrected chi connectivity index (χ3v) is 4.72. The Bertz CT molecular complexity index is 925. The lowest BCUT2D eigenvalue weighted by atomic mass is 10.0. The highest BCUT2D eigenvalue weighted by Crippen LogP contribution is 2.27. The van der Waals surface area contributed by atoms with Crippen molar-refractivity contribution in [3.05, 3.63) is 58.1 Å². The Kier molecular flexibility index (Phi) is 7.79. The second kappa shape index (κ2) is 10.1. The fraction of sp³-hybridized carbons (Fsp3) is 0.318. The highest BCUT2D eigenvalue weighted by molar-refractivity contribution is 6.31. The smallest absolute Gasteiger partial charge is 0.307 e. The summed E-state index contributed by atoms with van der Waals surface area (Å²) >= 11 is 5.94. The molecule has 7 heteroatoms. The van der Waals surface area contributed by atoms with Crippen molar-refractivity contribution < 1.29 is 23.9 Å². The van der Waals surface area contributed by atoms with Crippen molar-refractivity contribution in [3.63, 3.8) is 0 Å². The molecule has 0 aliphatic heterocycles. The van der Waals surface area contributed by atoms with Crippen LogP contribution in [-0.2, 0) is 14.3 Å². The van der Waals surface area contributed by atoms with Crippen LogP contribution in [0, 0.1) is 13.8 Å². The van der Waals surface area contributed by atoms with Crippen molar-refractivity contribution in [1.29, 1.82) is 0 Å². The van der Waals surface area contributed by atoms with Gasteiger partial charge in [-0.15, -0.1) is 0 Å². The van der Waals surface area contributed by atoms with Gasteiger partial charge in [-0.2, -0.15) is 0 Å². The molecule has 1 N–H and O–H groups in total. The van der Waals surface area contributed by atoms with Gasteiger partial charge in [0.1, 0.15) is 5.75 Å². The molecule has 2 aromatic rings. The zero-order chi connectivity index (χ0) is 21.6. The first-order chi connectivity index (χ1) is 13.7. The summed E-state index contributed by atoms with van der Waals surface area (Å²) < 4.78 is 10.3. The Morgan fingerprint density at radius 2 is 1.76 bits per heavy atom. The number of anilines is 1. The van der Waals surface area contributed by atoms with Crippen molar-refractivity contribution in [2.45, 2.75) is 39.7 Å². The minimum absolute atomic E-state index is 0.0117. The number of benzene rings is 2. The fourth-order valence-electron chi connectivity index (χ4n) is 2.60. The van der Waals surface area contributed by atoms with Gasteiger partial charge in [-0.3, -0.25) is 14.4 Å². The molecule has 1 atom stereocenters. The van der Waals surface area contributed by atoms with Gasteiger partial charge in [0.05, 0.1) is 19.2 Å². The van der Waals surface area contributed by atoms with Crippen LogP contribution in [0.5, 0.6) is 5.75 Å². The van der Waals surface area contributed by atoms with Crippen molar-refractivity contribution in [3.8, 4) is 5.75 Å². The summed E-state index contributed by atoms with van der Waals surface area (Å²) in [6.07, 6.45) is -1.13. The van der Waals surface area contributed by atoms with Gasteiger partial charge < -0.3 is 14.8 Å². The minimum Gasteiger partial charge on any atom is -0.495 e. The Morgan fingerprint density at radius 1 is 1.03 bits per heavy atom. The standard InChI is InChI=1S/C22H24ClNO5/c1-13-5-6-16(11-14(13)2)19(25)8-10-21(26)29-15(3)22(27)24-18-12-17(23)7-9-20(18)28-4/h5-7,9,11-12,15H,8,10H2,1-4H3,(H,24,27)/t15-/m1/s1. The molecule has 29 heavy (non-hydrogen) atoms. The van der Waals surface area contributed by atoms with E-state index in [1.807, 2.05) is 19.9 Å². The molecular weight excluding hydrogens is 394 g/mol. The topological polar surface area (TPSA) is 81.7 Å². The van der Waals surface area contributed by atoms with Gasteiger partial charge in [-0.1, -0.05) is 23.7 Å². The monoisotopic (exact) mass is 417 g/mol. The van der Waals surface area contributed by atoms with Crippen LogP contribution in [-0.4, -0.2) is 30.9 Å². The van der Waals surface area contributed by atoms with Crippen molar-refractivity contribution in [2.75, 3.05) is 12.4 Å². The predicted molar refractivity (Wildman–Crippen MR) is 112 cm³/mol. The van der Waals surface area contributed by atoms with Crippen molar-refractivity contribution >= 4 is 34.9 Å². The second-order valence-electron chi connectivity index (χ2n) is 6.69. The molecule has 2 rings (SSSR count). The summed E-state index contributed by atoms with van der Waals surface area (Å²) in [6.45, 7) is 5.34. The van der Waals surface area contributed by atoms with E-state index in [1.165, 1.54) is 20.1 Å². The molecule has 0 bridgehead atoms. The first kappa shape index (κ1) is 22.4. The lowest BCUT2D eigenvalue weighted by Crippen LogP contribution is -2.30. The quantitative estimate of drug-likeness (QED) is 0.505. The average Bonchev–Trinajstić information content (AvgIpc) is 2.68. The summed E-state index contributed by atoms with van der Waals surface area (Å²) in [7, 11) is 1.47. The number of halogens is 1. The van der Waals surface area contributed by atoms with E-state index in [4.69, 9.17) is 21.1 Å². The SMILES string of the molecule is COc1ccc(Cl)cc1NC(=O)[C@@H](C)OC(=O)CCC(=O)c1ccc(C)c(C)c1. The third-order valence-electron chi connectivity index (χ3n) is 4.48. The fourth-order valence-corrected chi connectivity index (χ4v) is 2.77. The summed E-state index contributed by atoms with van der Waals surface area (Å²) in [5, 5.41) is 3.04. The number of rotatable bonds is 8. The number of aryl methyl sites for hydroxylation is 2. The van der Waals surface area contributed by atoms with Gasteiger partial charge in [0.2, 0.25) is 0 Å². The largest absolute Gasteiger partial charge is 0.495 e. The van der Waals surface area contributed by atoms with E-state index in [-0.39, 0.29) is 18.6 Å². The maximum absolute atomic E-state index is 12.3. The molecule has 0 spiro atoms. The van der Waals surface area contributed by atoms with Crippen LogP contribution in [0.2, 0.25) is 5.02 Å². The minimum atomic E-state index is -1.04. The number of carbonyl (C=O) groups excluding carboxylic acids is 3. The Hall–Kier alpha value is -2.86. The van der Waals surface area contributed by atoms with Gasteiger partial charge in [-0.05, 0) is 56.2 Å². The Balaban J connectivity index is 1.88. The molecule has 6 nitrogen and oxygen atoms in total. The van der Waals surface area contributed by atoms with Crippen molar-refractivity contribution in [1.82, 2.24) is 0 Å². The molecule has 0 aliphatic rings. The number of amides is 1. The highest BCUT2D eigenvalue weighted by Gasteiger charge is 2.20. The number of ketones is 1. The van der Waals surface area contributed by atoms with Gasteiger partial charge in [0.15, 0.2) is 11.9 Å². The average molecular weight is 418 g/mol. The summed E-state index contributed by atoms with van der Waals surface area (Å²) in [5.41, 5.74) is 3.04. The molecule has 0 heterocycles. The first-order valence-electron chi connectivity index (χ1n) is 9.15. The number of nitrogens with one attached hydrogen (secondary N) is 1. The molecular formula is C22H24ClNO5. The van der Waals surface area contributed by atoms with Gasteiger partial charge >= 0.3 is 5.97 Å². The molecule has 0 fully saturated rings. The second-order valence-corrected chi connectivity index (χ2v) is 7.12. The number of Topliss-reactive ketones (excluding diaryl/α,β-unsaturated/α-hetero) is 1. The van der Waals surface area contributed by atoms with Crippen LogP contribution >= 0.6 is 11.6 Å². The normalized spacial score (nSPS) is 11.5. The van der Waals surface area contributed by atoms with E-state index >= 15 is 0 Å². The van der Waals surface area contributed by atoms with Gasteiger partial charge in [0.25, 0.3) is 5.91 Å². The van der Waals surface area contributed by atoms with Gasteiger partial charge in [0, 0.05) is 17.0 Å². The maximum atomic E-state index is 12.3. The van der Waals surface area contributed by atoms with Crippen LogP contribution in [0.4, 0.5) is 5.69 Å². The molecule has 0 aliphatic carbocycles. The van der Waals surface area contributed by atoms with E-state index in [0.717, 1.165) is 11.1 Å². The zero-order valence-electron chi connectivity index (χ0n) is 16.9. The number of hydrogen-bond acceptors (Lipinski definition) is 5. The summed E-state index contributed by atoms with van der Waals surface area (Å²) in [5.74, 6) is -0.867. The van der Waals surface area contributed by atoms with Gasteiger partial charge in [-0.25, -0.2) is 0 Å². The van der Waals surface area contributed by atoms with E-state index in [9.17, 15) is 14.4 Å². The number of carbonyl (C=O) groups is 3. The maximum Gasteiger partial charge on any atom is 0.307 e. The van der Waals surface area contributed by atoms with Crippen LogP contribution in [0.15, 0.2) is 36.4 Å². The molecule has 0 saturated carbocycles. The summed E-state index contributed by atoms with van der Waals surface area (Å²) in [4.78, 5) is 36.6. The van der Waals surface area contributed by atoms with Crippen LogP contribution in [0.25, 0.3) is 0 Å². The molecule has 0 saturated heterocycles. The number of esters is 1. The Morgan fingerprint density at radius 3 is 2.41 bits per heavy atom. The van der Waals surface area contributed by atoms with E-state index in [2.05, 4.69) is 5.32 Å². The lowest BCUT2D eigenvalue weighted by molar-refractivity contribution is -0.153. The Labute approximate surface area is 175 Å². The predicted octanol–water partition coefficient (Wildman–Crippen LogP) is 4.50. The molecule has 2 aromatic carbocycles. The zero-order valence-corrected chi connectivity index (χ0v) is 17.6. The highest BCUT2D eigenvalue weighted by atomic mass is 35.5. The number of ether oxygens (including phenoxy) is 2. The van der Waals surface area contributed by atoms with E-state index < -0.39 is 18.0 Å². The van der Waals surface area contributed by atoms with Crippen LogP contribution in [0.3, 0.4) is 0 Å². The van der Waals surface area contributed by atoms with Crippen LogP contribution < -0.4 is 10.1 Å². The number of hydrogen-bond donors (Lipinski definition) is 1. The molecule has 154 valence electrons. The molecule has 0 unspecified atom stereocenters. The molecule has 1 amide bonds. The van der Waals surface area contributed by atoms with Crippen LogP contribution in [0.1, 0.15) is 41.3 Å². The first-order valence-corrected chi connectivity index (χ1v) is 9.53. The summed E-state index contributed by atoms with van der Waals surface area (Å²) in [6, 6.07) is 10.2. The van der Waals surface area contributed by atoms with E-state index in [1.54, 1.807) is 24.3 Å². The lowest BCUT2D eigenvalue weighted by Gasteiger charge is -2.15. The third kappa shape index (κ3) is 6.32.